The summed E-state index contributed by atoms with van der Waals surface area (Å²) in [6, 6.07) is 18.4. The van der Waals surface area contributed by atoms with Crippen LogP contribution >= 0.6 is 0 Å². The summed E-state index contributed by atoms with van der Waals surface area (Å²) in [5.74, 6) is -0.579. The fraction of sp³-hybridized carbons (Fsp3) is 0.379. The van der Waals surface area contributed by atoms with Gasteiger partial charge in [0.2, 0.25) is 5.91 Å². The molecule has 0 spiro atoms. The molecule has 196 valence electrons. The number of benzene rings is 2. The summed E-state index contributed by atoms with van der Waals surface area (Å²) in [5, 5.41) is 0. The van der Waals surface area contributed by atoms with Crippen LogP contribution in [0.5, 0.6) is 0 Å². The van der Waals surface area contributed by atoms with Crippen molar-refractivity contribution in [3.63, 3.8) is 0 Å². The number of carbonyl (C=O) groups excluding carboxylic acids is 2. The van der Waals surface area contributed by atoms with Crippen molar-refractivity contribution in [1.29, 1.82) is 0 Å². The second kappa shape index (κ2) is 11.7. The Morgan fingerprint density at radius 2 is 1.68 bits per heavy atom. The summed E-state index contributed by atoms with van der Waals surface area (Å²) in [4.78, 5) is 30.0. The number of hydrogen-bond donors (Lipinski definition) is 0. The van der Waals surface area contributed by atoms with E-state index in [1.807, 2.05) is 48.4 Å². The van der Waals surface area contributed by atoms with Crippen LogP contribution in [-0.4, -0.2) is 45.3 Å². The molecule has 0 bridgehead atoms. The number of rotatable bonds is 11. The van der Waals surface area contributed by atoms with Gasteiger partial charge in [0.05, 0.1) is 12.1 Å². The molecule has 1 aliphatic carbocycles. The topological polar surface area (TPSA) is 45.6 Å². The average Bonchev–Trinajstić information content (AvgIpc) is 3.64. The molecule has 0 unspecified atom stereocenters. The molecule has 2 aromatic carbocycles. The van der Waals surface area contributed by atoms with Gasteiger partial charge < -0.3 is 14.4 Å². The third-order valence-electron chi connectivity index (χ3n) is 6.61. The van der Waals surface area contributed by atoms with Gasteiger partial charge in [-0.2, -0.15) is 13.2 Å². The summed E-state index contributed by atoms with van der Waals surface area (Å²) in [6.45, 7) is 3.39. The Morgan fingerprint density at radius 3 is 2.30 bits per heavy atom. The highest BCUT2D eigenvalue weighted by molar-refractivity contribution is 5.96. The second-order valence-electron chi connectivity index (χ2n) is 9.52. The van der Waals surface area contributed by atoms with E-state index in [2.05, 4.69) is 16.7 Å². The van der Waals surface area contributed by atoms with Gasteiger partial charge in [-0.3, -0.25) is 9.59 Å². The van der Waals surface area contributed by atoms with Crippen LogP contribution in [0.4, 0.5) is 13.2 Å². The molecule has 0 aliphatic heterocycles. The van der Waals surface area contributed by atoms with Gasteiger partial charge in [-0.1, -0.05) is 43.7 Å². The van der Waals surface area contributed by atoms with E-state index in [1.54, 1.807) is 0 Å². The van der Waals surface area contributed by atoms with Gasteiger partial charge in [0.15, 0.2) is 0 Å². The fourth-order valence-corrected chi connectivity index (χ4v) is 4.35. The second-order valence-corrected chi connectivity index (χ2v) is 9.52. The molecule has 0 N–H and O–H groups in total. The molecular weight excluding hydrogens is 479 g/mol. The molecule has 4 rings (SSSR count). The third-order valence-corrected chi connectivity index (χ3v) is 6.61. The van der Waals surface area contributed by atoms with Crippen molar-refractivity contribution in [2.45, 2.75) is 57.9 Å². The Hall–Kier alpha value is -3.55. The van der Waals surface area contributed by atoms with E-state index >= 15 is 0 Å². The lowest BCUT2D eigenvalue weighted by Gasteiger charge is -2.28. The number of hydrogen-bond acceptors (Lipinski definition) is 2. The molecule has 1 aliphatic rings. The lowest BCUT2D eigenvalue weighted by molar-refractivity contribution is -0.137. The number of amides is 2. The summed E-state index contributed by atoms with van der Waals surface area (Å²) in [6.07, 6.45) is 0.898. The number of aromatic nitrogens is 1. The third kappa shape index (κ3) is 7.02. The Kier molecular flexibility index (Phi) is 8.36. The first-order valence-corrected chi connectivity index (χ1v) is 12.7. The molecule has 1 saturated carbocycles. The smallest absolute Gasteiger partial charge is 0.345 e. The van der Waals surface area contributed by atoms with Crippen LogP contribution in [0.1, 0.15) is 59.8 Å². The molecule has 1 aromatic heterocycles. The molecule has 1 fully saturated rings. The van der Waals surface area contributed by atoms with E-state index in [0.29, 0.717) is 26.1 Å². The number of unbranched alkanes of at least 4 members (excludes halogenated alkanes) is 1. The standard InChI is InChI=1S/C29H32F3N3O2/c1-2-3-17-34(28(37)23-11-13-24(14-12-23)29(30,31)32)21-27(36)35(25-15-16-25)20-26-10-7-18-33(26)19-22-8-5-4-6-9-22/h4-14,18,25H,2-3,15-17,19-21H2,1H3. The summed E-state index contributed by atoms with van der Waals surface area (Å²) < 4.78 is 41.0. The maximum atomic E-state index is 13.5. The van der Waals surface area contributed by atoms with Crippen molar-refractivity contribution < 1.29 is 22.8 Å². The van der Waals surface area contributed by atoms with Gasteiger partial charge in [-0.15, -0.1) is 0 Å². The molecule has 8 heteroatoms. The first kappa shape index (κ1) is 26.5. The molecule has 3 aromatic rings. The van der Waals surface area contributed by atoms with Gasteiger partial charge in [0.1, 0.15) is 6.54 Å². The average molecular weight is 512 g/mol. The Balaban J connectivity index is 1.47. The van der Waals surface area contributed by atoms with Gasteiger partial charge in [0, 0.05) is 36.6 Å². The van der Waals surface area contributed by atoms with E-state index < -0.39 is 17.6 Å². The van der Waals surface area contributed by atoms with Gasteiger partial charge >= 0.3 is 6.18 Å². The van der Waals surface area contributed by atoms with Gasteiger partial charge in [-0.25, -0.2) is 0 Å². The number of halogens is 3. The zero-order valence-corrected chi connectivity index (χ0v) is 21.0. The maximum Gasteiger partial charge on any atom is 0.416 e. The predicted octanol–water partition coefficient (Wildman–Crippen LogP) is 5.99. The van der Waals surface area contributed by atoms with E-state index in [9.17, 15) is 22.8 Å². The summed E-state index contributed by atoms with van der Waals surface area (Å²) >= 11 is 0. The normalized spacial score (nSPS) is 13.4. The molecule has 37 heavy (non-hydrogen) atoms. The monoisotopic (exact) mass is 511 g/mol. The van der Waals surface area contributed by atoms with Crippen LogP contribution in [0, 0.1) is 0 Å². The number of nitrogens with zero attached hydrogens (tertiary/aromatic N) is 3. The summed E-state index contributed by atoms with van der Waals surface area (Å²) in [7, 11) is 0. The van der Waals surface area contributed by atoms with E-state index in [1.165, 1.54) is 17.0 Å². The zero-order chi connectivity index (χ0) is 26.4. The Morgan fingerprint density at radius 1 is 0.973 bits per heavy atom. The minimum Gasteiger partial charge on any atom is -0.345 e. The Labute approximate surface area is 215 Å². The Bertz CT molecular complexity index is 1190. The fourth-order valence-electron chi connectivity index (χ4n) is 4.35. The van der Waals surface area contributed by atoms with Crippen molar-refractivity contribution in [3.8, 4) is 0 Å². The molecule has 2 amide bonds. The minimum atomic E-state index is -4.47. The first-order chi connectivity index (χ1) is 17.8. The highest BCUT2D eigenvalue weighted by atomic mass is 19.4. The highest BCUT2D eigenvalue weighted by Gasteiger charge is 2.35. The van der Waals surface area contributed by atoms with Crippen LogP contribution in [-0.2, 0) is 24.1 Å². The SMILES string of the molecule is CCCCN(CC(=O)N(Cc1cccn1Cc1ccccc1)C1CC1)C(=O)c1ccc(C(F)(F)F)cc1. The van der Waals surface area contributed by atoms with Crippen molar-refractivity contribution >= 4 is 11.8 Å². The quantitative estimate of drug-likeness (QED) is 0.318. The minimum absolute atomic E-state index is 0.101. The molecule has 1 heterocycles. The predicted molar refractivity (Wildman–Crippen MR) is 136 cm³/mol. The molecule has 0 radical (unpaired) electrons. The van der Waals surface area contributed by atoms with Crippen LogP contribution in [0.15, 0.2) is 72.9 Å². The van der Waals surface area contributed by atoms with E-state index in [-0.39, 0.29) is 24.1 Å². The van der Waals surface area contributed by atoms with E-state index in [0.717, 1.165) is 42.7 Å². The zero-order valence-electron chi connectivity index (χ0n) is 21.0. The summed E-state index contributed by atoms with van der Waals surface area (Å²) in [5.41, 5.74) is 1.51. The molecular formula is C29H32F3N3O2. The van der Waals surface area contributed by atoms with Crippen LogP contribution in [0.25, 0.3) is 0 Å². The van der Waals surface area contributed by atoms with Crippen molar-refractivity contribution in [3.05, 3.63) is 95.3 Å². The van der Waals surface area contributed by atoms with Gasteiger partial charge in [-0.05, 0) is 61.2 Å². The van der Waals surface area contributed by atoms with Gasteiger partial charge in [0.25, 0.3) is 5.91 Å². The van der Waals surface area contributed by atoms with Crippen molar-refractivity contribution in [2.24, 2.45) is 0 Å². The number of alkyl halides is 3. The van der Waals surface area contributed by atoms with Crippen LogP contribution in [0.3, 0.4) is 0 Å². The van der Waals surface area contributed by atoms with Crippen LogP contribution in [0.2, 0.25) is 0 Å². The molecule has 0 saturated heterocycles. The maximum absolute atomic E-state index is 13.5. The highest BCUT2D eigenvalue weighted by Crippen LogP contribution is 2.30. The number of carbonyl (C=O) groups is 2. The lowest BCUT2D eigenvalue weighted by Crippen LogP contribution is -2.44. The van der Waals surface area contributed by atoms with E-state index in [4.69, 9.17) is 0 Å². The lowest BCUT2D eigenvalue weighted by atomic mass is 10.1. The first-order valence-electron chi connectivity index (χ1n) is 12.7. The van der Waals surface area contributed by atoms with Crippen molar-refractivity contribution in [1.82, 2.24) is 14.4 Å². The molecule has 5 nitrogen and oxygen atoms in total. The van der Waals surface area contributed by atoms with Crippen molar-refractivity contribution in [2.75, 3.05) is 13.1 Å². The molecule has 0 atom stereocenters. The largest absolute Gasteiger partial charge is 0.416 e. The van der Waals surface area contributed by atoms with Crippen LogP contribution < -0.4 is 0 Å².